The first-order valence-corrected chi connectivity index (χ1v) is 7.59. The summed E-state index contributed by atoms with van der Waals surface area (Å²) in [5, 5.41) is 3.34. The Morgan fingerprint density at radius 1 is 1.14 bits per heavy atom. The highest BCUT2D eigenvalue weighted by Gasteiger charge is 2.11. The minimum atomic E-state index is 0.814. The smallest absolute Gasteiger partial charge is 0.207 e. The quantitative estimate of drug-likeness (QED) is 0.917. The second-order valence-electron chi connectivity index (χ2n) is 5.16. The summed E-state index contributed by atoms with van der Waals surface area (Å²) in [6, 6.07) is 8.63. The molecule has 5 nitrogen and oxygen atoms in total. The van der Waals surface area contributed by atoms with Crippen LogP contribution in [-0.2, 0) is 4.74 Å². The Morgan fingerprint density at radius 2 is 1.86 bits per heavy atom. The van der Waals surface area contributed by atoms with Crippen LogP contribution in [0.4, 0.5) is 11.6 Å². The zero-order valence-electron chi connectivity index (χ0n) is 12.5. The molecule has 1 aliphatic heterocycles. The summed E-state index contributed by atoms with van der Waals surface area (Å²) in [6.45, 7) is 6.64. The molecule has 0 unspecified atom stereocenters. The van der Waals surface area contributed by atoms with Gasteiger partial charge >= 0.3 is 0 Å². The van der Waals surface area contributed by atoms with E-state index in [1.54, 1.807) is 0 Å². The molecule has 1 saturated heterocycles. The van der Waals surface area contributed by atoms with Crippen LogP contribution in [0.5, 0.6) is 0 Å². The van der Waals surface area contributed by atoms with Gasteiger partial charge in [-0.25, -0.2) is 4.98 Å². The fourth-order valence-electron chi connectivity index (χ4n) is 2.52. The van der Waals surface area contributed by atoms with Crippen LogP contribution in [0.3, 0.4) is 0 Å². The van der Waals surface area contributed by atoms with Crippen molar-refractivity contribution in [2.24, 2.45) is 0 Å². The normalized spacial score (nSPS) is 15.2. The summed E-state index contributed by atoms with van der Waals surface area (Å²) < 4.78 is 7.48. The Labute approximate surface area is 125 Å². The van der Waals surface area contributed by atoms with E-state index in [4.69, 9.17) is 4.74 Å². The van der Waals surface area contributed by atoms with Gasteiger partial charge in [0.15, 0.2) is 0 Å². The van der Waals surface area contributed by atoms with Crippen molar-refractivity contribution in [3.8, 4) is 5.69 Å². The van der Waals surface area contributed by atoms with Gasteiger partial charge in [0.2, 0.25) is 5.95 Å². The van der Waals surface area contributed by atoms with Crippen LogP contribution >= 0.6 is 0 Å². The maximum Gasteiger partial charge on any atom is 0.207 e. The van der Waals surface area contributed by atoms with Crippen molar-refractivity contribution in [2.45, 2.75) is 13.3 Å². The standard InChI is InChI=1S/C16H22N4O/c1-2-7-17-16-18-8-9-20(16)15-5-3-14(4-6-15)19-10-12-21-13-11-19/h3-6,8-9H,2,7,10-13H2,1H3,(H,17,18). The van der Waals surface area contributed by atoms with E-state index in [0.29, 0.717) is 0 Å². The average Bonchev–Trinajstić information content (AvgIpc) is 3.02. The van der Waals surface area contributed by atoms with Crippen molar-refractivity contribution in [3.05, 3.63) is 36.7 Å². The van der Waals surface area contributed by atoms with E-state index >= 15 is 0 Å². The molecule has 3 rings (SSSR count). The molecule has 0 radical (unpaired) electrons. The molecule has 1 N–H and O–H groups in total. The molecule has 0 bridgehead atoms. The fourth-order valence-corrected chi connectivity index (χ4v) is 2.52. The maximum atomic E-state index is 5.39. The summed E-state index contributed by atoms with van der Waals surface area (Å²) in [4.78, 5) is 6.73. The largest absolute Gasteiger partial charge is 0.378 e. The summed E-state index contributed by atoms with van der Waals surface area (Å²) in [5.74, 6) is 0.899. The number of benzene rings is 1. The van der Waals surface area contributed by atoms with Crippen LogP contribution in [0.25, 0.3) is 5.69 Å². The summed E-state index contributed by atoms with van der Waals surface area (Å²) in [7, 11) is 0. The number of hydrogen-bond donors (Lipinski definition) is 1. The van der Waals surface area contributed by atoms with Crippen molar-refractivity contribution in [1.29, 1.82) is 0 Å². The molecular weight excluding hydrogens is 264 g/mol. The van der Waals surface area contributed by atoms with Gasteiger partial charge in [-0.2, -0.15) is 0 Å². The number of nitrogens with zero attached hydrogens (tertiary/aromatic N) is 3. The molecule has 2 aromatic rings. The van der Waals surface area contributed by atoms with E-state index in [9.17, 15) is 0 Å². The van der Waals surface area contributed by atoms with E-state index in [1.807, 2.05) is 12.4 Å². The SMILES string of the molecule is CCCNc1nccn1-c1ccc(N2CCOCC2)cc1. The van der Waals surface area contributed by atoms with Crippen LogP contribution in [0.2, 0.25) is 0 Å². The summed E-state index contributed by atoms with van der Waals surface area (Å²) in [5.41, 5.74) is 2.38. The van der Waals surface area contributed by atoms with Crippen molar-refractivity contribution in [1.82, 2.24) is 9.55 Å². The molecule has 0 amide bonds. The van der Waals surface area contributed by atoms with Crippen LogP contribution in [0, 0.1) is 0 Å². The monoisotopic (exact) mass is 286 g/mol. The van der Waals surface area contributed by atoms with Crippen LogP contribution in [0.1, 0.15) is 13.3 Å². The highest BCUT2D eigenvalue weighted by Crippen LogP contribution is 2.20. The lowest BCUT2D eigenvalue weighted by Gasteiger charge is -2.29. The number of imidazole rings is 1. The molecular formula is C16H22N4O. The summed E-state index contributed by atoms with van der Waals surface area (Å²) >= 11 is 0. The first-order chi connectivity index (χ1) is 10.4. The predicted molar refractivity (Wildman–Crippen MR) is 85.4 cm³/mol. The summed E-state index contributed by atoms with van der Waals surface area (Å²) in [6.07, 6.45) is 4.90. The van der Waals surface area contributed by atoms with Gasteiger partial charge < -0.3 is 15.0 Å². The second kappa shape index (κ2) is 6.63. The minimum absolute atomic E-state index is 0.814. The number of anilines is 2. The molecule has 112 valence electrons. The highest BCUT2D eigenvalue weighted by molar-refractivity contribution is 5.53. The molecule has 21 heavy (non-hydrogen) atoms. The number of hydrogen-bond acceptors (Lipinski definition) is 4. The Kier molecular flexibility index (Phi) is 4.40. The van der Waals surface area contributed by atoms with Gasteiger partial charge in [0.1, 0.15) is 0 Å². The third-order valence-corrected chi connectivity index (χ3v) is 3.68. The lowest BCUT2D eigenvalue weighted by Crippen LogP contribution is -2.36. The number of rotatable bonds is 5. The van der Waals surface area contributed by atoms with Gasteiger partial charge in [-0.1, -0.05) is 6.92 Å². The highest BCUT2D eigenvalue weighted by atomic mass is 16.5. The zero-order valence-corrected chi connectivity index (χ0v) is 12.5. The van der Waals surface area contributed by atoms with Gasteiger partial charge in [0.25, 0.3) is 0 Å². The molecule has 0 atom stereocenters. The molecule has 1 aliphatic rings. The molecule has 1 aromatic carbocycles. The van der Waals surface area contributed by atoms with E-state index in [1.165, 1.54) is 5.69 Å². The molecule has 0 spiro atoms. The molecule has 5 heteroatoms. The van der Waals surface area contributed by atoms with Crippen LogP contribution in [0.15, 0.2) is 36.7 Å². The lowest BCUT2D eigenvalue weighted by atomic mass is 10.2. The number of ether oxygens (including phenoxy) is 1. The minimum Gasteiger partial charge on any atom is -0.378 e. The van der Waals surface area contributed by atoms with Gasteiger partial charge in [-0.15, -0.1) is 0 Å². The van der Waals surface area contributed by atoms with Gasteiger partial charge in [0.05, 0.1) is 13.2 Å². The van der Waals surface area contributed by atoms with Crippen molar-refractivity contribution in [2.75, 3.05) is 43.1 Å². The van der Waals surface area contributed by atoms with Crippen LogP contribution < -0.4 is 10.2 Å². The zero-order chi connectivity index (χ0) is 14.5. The molecule has 1 fully saturated rings. The molecule has 2 heterocycles. The fraction of sp³-hybridized carbons (Fsp3) is 0.438. The third-order valence-electron chi connectivity index (χ3n) is 3.68. The van der Waals surface area contributed by atoms with Crippen molar-refractivity contribution < 1.29 is 4.74 Å². The van der Waals surface area contributed by atoms with E-state index < -0.39 is 0 Å². The Balaban J connectivity index is 1.76. The number of aromatic nitrogens is 2. The maximum absolute atomic E-state index is 5.39. The molecule has 0 aliphatic carbocycles. The third kappa shape index (κ3) is 3.19. The molecule has 0 saturated carbocycles. The first-order valence-electron chi connectivity index (χ1n) is 7.59. The van der Waals surface area contributed by atoms with Crippen molar-refractivity contribution in [3.63, 3.8) is 0 Å². The van der Waals surface area contributed by atoms with Gasteiger partial charge in [0, 0.05) is 43.4 Å². The van der Waals surface area contributed by atoms with E-state index in [0.717, 1.165) is 50.9 Å². The Hall–Kier alpha value is -2.01. The van der Waals surface area contributed by atoms with E-state index in [2.05, 4.69) is 51.0 Å². The van der Waals surface area contributed by atoms with Gasteiger partial charge in [-0.05, 0) is 30.7 Å². The predicted octanol–water partition coefficient (Wildman–Crippen LogP) is 2.53. The van der Waals surface area contributed by atoms with Crippen LogP contribution in [-0.4, -0.2) is 42.4 Å². The Bertz CT molecular complexity index is 558. The van der Waals surface area contributed by atoms with Crippen molar-refractivity contribution >= 4 is 11.6 Å². The average molecular weight is 286 g/mol. The number of morpholine rings is 1. The lowest BCUT2D eigenvalue weighted by molar-refractivity contribution is 0.122. The van der Waals surface area contributed by atoms with Gasteiger partial charge in [-0.3, -0.25) is 4.57 Å². The second-order valence-corrected chi connectivity index (χ2v) is 5.16. The van der Waals surface area contributed by atoms with E-state index in [-0.39, 0.29) is 0 Å². The topological polar surface area (TPSA) is 42.3 Å². The number of nitrogens with one attached hydrogen (secondary N) is 1. The molecule has 1 aromatic heterocycles. The first kappa shape index (κ1) is 13.9. The Morgan fingerprint density at radius 3 is 2.57 bits per heavy atom.